The summed E-state index contributed by atoms with van der Waals surface area (Å²) in [6.07, 6.45) is 5.34. The number of ether oxygens (including phenoxy) is 1. The molecule has 2 unspecified atom stereocenters. The minimum absolute atomic E-state index is 0.102. The fourth-order valence-electron chi connectivity index (χ4n) is 2.28. The van der Waals surface area contributed by atoms with Crippen molar-refractivity contribution >= 4 is 11.3 Å². The van der Waals surface area contributed by atoms with E-state index in [1.165, 1.54) is 19.3 Å². The van der Waals surface area contributed by atoms with Crippen LogP contribution in [-0.2, 0) is 6.54 Å². The second-order valence-electron chi connectivity index (χ2n) is 6.48. The van der Waals surface area contributed by atoms with Crippen LogP contribution in [0.5, 0.6) is 5.19 Å². The summed E-state index contributed by atoms with van der Waals surface area (Å²) in [7, 11) is 0. The maximum atomic E-state index is 6.00. The highest BCUT2D eigenvalue weighted by Crippen LogP contribution is 2.29. The minimum atomic E-state index is 0.102. The van der Waals surface area contributed by atoms with E-state index in [1.807, 2.05) is 0 Å². The molecule has 1 aliphatic carbocycles. The molecule has 1 fully saturated rings. The van der Waals surface area contributed by atoms with E-state index in [9.17, 15) is 0 Å². The number of rotatable bonds is 4. The van der Waals surface area contributed by atoms with Gasteiger partial charge in [0.05, 0.1) is 6.54 Å². The third-order valence-electron chi connectivity index (χ3n) is 3.50. The van der Waals surface area contributed by atoms with Crippen LogP contribution in [0.25, 0.3) is 0 Å². The van der Waals surface area contributed by atoms with E-state index in [0.29, 0.717) is 12.0 Å². The molecule has 0 aromatic carbocycles. The molecule has 2 rings (SSSR count). The Morgan fingerprint density at radius 3 is 2.68 bits per heavy atom. The number of hydrogen-bond acceptors (Lipinski definition) is 5. The summed E-state index contributed by atoms with van der Waals surface area (Å²) in [4.78, 5) is 0. The van der Waals surface area contributed by atoms with Crippen molar-refractivity contribution in [3.05, 3.63) is 5.01 Å². The molecule has 0 aliphatic heterocycles. The van der Waals surface area contributed by atoms with Crippen molar-refractivity contribution in [2.45, 2.75) is 71.6 Å². The third-order valence-corrected chi connectivity index (χ3v) is 4.32. The highest BCUT2D eigenvalue weighted by molar-refractivity contribution is 7.13. The summed E-state index contributed by atoms with van der Waals surface area (Å²) in [6, 6.07) is 0. The fraction of sp³-hybridized carbons (Fsp3) is 0.857. The molecule has 1 aliphatic rings. The van der Waals surface area contributed by atoms with Crippen LogP contribution >= 0.6 is 11.3 Å². The van der Waals surface area contributed by atoms with Crippen molar-refractivity contribution in [1.29, 1.82) is 0 Å². The van der Waals surface area contributed by atoms with Gasteiger partial charge in [-0.1, -0.05) is 29.8 Å². The molecule has 0 saturated heterocycles. The van der Waals surface area contributed by atoms with Gasteiger partial charge in [-0.2, -0.15) is 0 Å². The van der Waals surface area contributed by atoms with Gasteiger partial charge < -0.3 is 10.1 Å². The zero-order valence-corrected chi connectivity index (χ0v) is 13.2. The molecule has 1 aromatic rings. The van der Waals surface area contributed by atoms with Crippen LogP contribution in [0.3, 0.4) is 0 Å². The van der Waals surface area contributed by atoms with E-state index in [1.54, 1.807) is 11.3 Å². The van der Waals surface area contributed by atoms with E-state index >= 15 is 0 Å². The molecule has 5 heteroatoms. The molecule has 1 aromatic heterocycles. The largest absolute Gasteiger partial charge is 0.465 e. The highest BCUT2D eigenvalue weighted by Gasteiger charge is 2.24. The lowest BCUT2D eigenvalue weighted by Gasteiger charge is -2.27. The van der Waals surface area contributed by atoms with Crippen LogP contribution in [-0.4, -0.2) is 21.8 Å². The van der Waals surface area contributed by atoms with Crippen molar-refractivity contribution < 1.29 is 4.74 Å². The van der Waals surface area contributed by atoms with Crippen LogP contribution in [0.2, 0.25) is 0 Å². The Hall–Kier alpha value is -0.680. The topological polar surface area (TPSA) is 47.0 Å². The molecule has 0 radical (unpaired) electrons. The Labute approximate surface area is 120 Å². The van der Waals surface area contributed by atoms with Gasteiger partial charge in [-0.25, -0.2) is 0 Å². The maximum absolute atomic E-state index is 6.00. The first-order valence-electron chi connectivity index (χ1n) is 7.18. The normalized spacial score (nSPS) is 24.4. The Bertz CT molecular complexity index is 400. The maximum Gasteiger partial charge on any atom is 0.294 e. The van der Waals surface area contributed by atoms with Crippen molar-refractivity contribution in [2.75, 3.05) is 0 Å². The Morgan fingerprint density at radius 2 is 2.00 bits per heavy atom. The second-order valence-corrected chi connectivity index (χ2v) is 7.51. The fourth-order valence-corrected chi connectivity index (χ4v) is 2.97. The van der Waals surface area contributed by atoms with Crippen molar-refractivity contribution in [3.8, 4) is 5.19 Å². The van der Waals surface area contributed by atoms with Crippen molar-refractivity contribution in [3.63, 3.8) is 0 Å². The average Bonchev–Trinajstić information content (AvgIpc) is 2.77. The summed E-state index contributed by atoms with van der Waals surface area (Å²) in [6.45, 7) is 9.47. The molecule has 4 nitrogen and oxygen atoms in total. The Morgan fingerprint density at radius 1 is 1.26 bits per heavy atom. The quantitative estimate of drug-likeness (QED) is 0.920. The van der Waals surface area contributed by atoms with E-state index < -0.39 is 0 Å². The molecular formula is C14H25N3OS. The van der Waals surface area contributed by atoms with Crippen molar-refractivity contribution in [2.24, 2.45) is 5.92 Å². The van der Waals surface area contributed by atoms with E-state index in [4.69, 9.17) is 4.74 Å². The minimum Gasteiger partial charge on any atom is -0.465 e. The first kappa shape index (κ1) is 14.7. The van der Waals surface area contributed by atoms with Gasteiger partial charge in [-0.15, -0.1) is 5.10 Å². The van der Waals surface area contributed by atoms with Crippen LogP contribution < -0.4 is 10.1 Å². The standard InChI is InChI=1S/C14H25N3OS/c1-10-7-5-6-8-11(10)18-13-17-16-12(19-13)9-15-14(2,3)4/h10-11,15H,5-9H2,1-4H3. The molecule has 19 heavy (non-hydrogen) atoms. The molecule has 2 atom stereocenters. The van der Waals surface area contributed by atoms with Gasteiger partial charge in [-0.3, -0.25) is 0 Å². The number of nitrogens with zero attached hydrogens (tertiary/aromatic N) is 2. The first-order chi connectivity index (χ1) is 8.94. The van der Waals surface area contributed by atoms with Gasteiger partial charge >= 0.3 is 0 Å². The van der Waals surface area contributed by atoms with Crippen LogP contribution in [0.4, 0.5) is 0 Å². The van der Waals surface area contributed by atoms with Gasteiger partial charge in [0.1, 0.15) is 11.1 Å². The van der Waals surface area contributed by atoms with Crippen LogP contribution in [0.1, 0.15) is 58.4 Å². The SMILES string of the molecule is CC1CCCCC1Oc1nnc(CNC(C)(C)C)s1. The second kappa shape index (κ2) is 6.18. The number of nitrogens with one attached hydrogen (secondary N) is 1. The summed E-state index contributed by atoms with van der Waals surface area (Å²) < 4.78 is 6.00. The zero-order chi connectivity index (χ0) is 13.9. The Balaban J connectivity index is 1.86. The number of hydrogen-bond donors (Lipinski definition) is 1. The molecule has 1 N–H and O–H groups in total. The molecular weight excluding hydrogens is 258 g/mol. The molecule has 0 bridgehead atoms. The smallest absolute Gasteiger partial charge is 0.294 e. The van der Waals surface area contributed by atoms with Gasteiger partial charge in [0.25, 0.3) is 5.19 Å². The molecule has 0 amide bonds. The van der Waals surface area contributed by atoms with Crippen molar-refractivity contribution in [1.82, 2.24) is 15.5 Å². The average molecular weight is 283 g/mol. The third kappa shape index (κ3) is 4.73. The number of aromatic nitrogens is 2. The summed E-state index contributed by atoms with van der Waals surface area (Å²) in [5.74, 6) is 0.633. The monoisotopic (exact) mass is 283 g/mol. The van der Waals surface area contributed by atoms with Gasteiger partial charge in [0.2, 0.25) is 0 Å². The van der Waals surface area contributed by atoms with Gasteiger partial charge in [0.15, 0.2) is 0 Å². The van der Waals surface area contributed by atoms with E-state index in [-0.39, 0.29) is 5.54 Å². The summed E-state index contributed by atoms with van der Waals surface area (Å²) in [5, 5.41) is 13.5. The van der Waals surface area contributed by atoms with Crippen LogP contribution in [0.15, 0.2) is 0 Å². The molecule has 1 saturated carbocycles. The van der Waals surface area contributed by atoms with Gasteiger partial charge in [0, 0.05) is 5.54 Å². The molecule has 108 valence electrons. The summed E-state index contributed by atoms with van der Waals surface area (Å²) >= 11 is 1.56. The molecule has 0 spiro atoms. The van der Waals surface area contributed by atoms with Gasteiger partial charge in [-0.05, 0) is 46.0 Å². The van der Waals surface area contributed by atoms with Crippen LogP contribution in [0, 0.1) is 5.92 Å². The first-order valence-corrected chi connectivity index (χ1v) is 8.00. The molecule has 1 heterocycles. The van der Waals surface area contributed by atoms with E-state index in [2.05, 4.69) is 43.2 Å². The lowest BCUT2D eigenvalue weighted by Crippen LogP contribution is -2.35. The lowest BCUT2D eigenvalue weighted by molar-refractivity contribution is 0.101. The Kier molecular flexibility index (Phi) is 4.79. The van der Waals surface area contributed by atoms with E-state index in [0.717, 1.165) is 23.2 Å². The zero-order valence-electron chi connectivity index (χ0n) is 12.4. The predicted octanol–water partition coefficient (Wildman–Crippen LogP) is 3.38. The summed E-state index contributed by atoms with van der Waals surface area (Å²) in [5.41, 5.74) is 0.102. The highest BCUT2D eigenvalue weighted by atomic mass is 32.1. The lowest BCUT2D eigenvalue weighted by atomic mass is 9.88. The predicted molar refractivity (Wildman–Crippen MR) is 78.5 cm³/mol.